The Morgan fingerprint density at radius 1 is 0.741 bits per heavy atom. The first-order chi connectivity index (χ1) is 25.5. The normalized spacial score (nSPS) is 14.1. The molecule has 3 aromatic rings. The first kappa shape index (κ1) is 42.8. The molecule has 2 aromatic carbocycles. The quantitative estimate of drug-likeness (QED) is 0.0421. The van der Waals surface area contributed by atoms with E-state index in [0.29, 0.717) is 5.56 Å². The Labute approximate surface area is 315 Å². The molecular weight excluding hydrogens is 694 g/mol. The van der Waals surface area contributed by atoms with Gasteiger partial charge in [-0.15, -0.1) is 0 Å². The van der Waals surface area contributed by atoms with Crippen LogP contribution in [0.1, 0.15) is 64.5 Å². The Morgan fingerprint density at radius 3 is 1.83 bits per heavy atom. The Bertz CT molecular complexity index is 1750. The molecule has 0 saturated heterocycles. The number of carbonyl (C=O) groups excluding carboxylic acids is 4. The number of H-pyrrole nitrogens is 1. The van der Waals surface area contributed by atoms with Gasteiger partial charge < -0.3 is 53.7 Å². The average Bonchev–Trinajstić information content (AvgIpc) is 3.51. The number of fused-ring (bicyclic) bond motifs is 1. The van der Waals surface area contributed by atoms with Crippen LogP contribution in [0.2, 0.25) is 0 Å². The summed E-state index contributed by atoms with van der Waals surface area (Å²) in [4.78, 5) is 73.7. The van der Waals surface area contributed by atoms with Crippen molar-refractivity contribution in [2.24, 2.45) is 34.0 Å². The number of nitrogens with zero attached hydrogens (tertiary/aromatic N) is 1. The fraction of sp³-hybridized carbons (Fsp3) is 0.474. The molecule has 4 amide bonds. The first-order valence-electron chi connectivity index (χ1n) is 18.1. The molecular formula is C38H55N9O7. The molecule has 0 fully saturated rings. The molecule has 16 nitrogen and oxygen atoms in total. The molecule has 0 aliphatic heterocycles. The predicted molar refractivity (Wildman–Crippen MR) is 206 cm³/mol. The number of benzene rings is 2. The monoisotopic (exact) mass is 749 g/mol. The van der Waals surface area contributed by atoms with Crippen molar-refractivity contribution in [3.05, 3.63) is 65.9 Å². The molecule has 1 heterocycles. The maximum atomic E-state index is 14.0. The first-order valence-corrected chi connectivity index (χ1v) is 18.1. The van der Waals surface area contributed by atoms with Crippen LogP contribution >= 0.6 is 0 Å². The molecule has 1 aromatic heterocycles. The van der Waals surface area contributed by atoms with Crippen molar-refractivity contribution >= 4 is 46.5 Å². The van der Waals surface area contributed by atoms with Crippen molar-refractivity contribution in [2.45, 2.75) is 96.4 Å². The second-order valence-electron chi connectivity index (χ2n) is 14.3. The second kappa shape index (κ2) is 20.6. The molecule has 5 atom stereocenters. The van der Waals surface area contributed by atoms with Gasteiger partial charge in [0.15, 0.2) is 5.96 Å². The van der Waals surface area contributed by atoms with E-state index in [-0.39, 0.29) is 68.6 Å². The highest BCUT2D eigenvalue weighted by molar-refractivity contribution is 5.96. The molecule has 54 heavy (non-hydrogen) atoms. The third-order valence-electron chi connectivity index (χ3n) is 8.70. The number of phenols is 1. The standard InChI is InChI=1S/C38H55N9O7/c1-21(2)16-30(34(50)44-29(37(53)54)10-7-15-42-38(40)41)46-35(51)31(17-22(3)4)47-36(52)32(18-23-11-13-25(48)14-12-23)45-33(49)27(39)19-24-20-43-28-9-6-5-8-26(24)28/h5-6,8-9,11-14,20-22,27,29-32,43,48H,7,10,15-19,39H2,1-4H3,(H,44,50)(H,45,49)(H,46,51)(H,47,52)(H,53,54)(H4,40,41,42)/t27-,29-,30-,31-,32-/m1/s1. The number of rotatable bonds is 21. The molecule has 0 aliphatic rings. The number of carboxylic acids is 1. The fourth-order valence-electron chi connectivity index (χ4n) is 5.97. The minimum atomic E-state index is -1.25. The summed E-state index contributed by atoms with van der Waals surface area (Å²) in [5.74, 6) is -4.08. The molecule has 3 rings (SSSR count). The molecule has 0 bridgehead atoms. The van der Waals surface area contributed by atoms with Gasteiger partial charge in [-0.3, -0.25) is 24.2 Å². The third kappa shape index (κ3) is 13.7. The van der Waals surface area contributed by atoms with Gasteiger partial charge in [0.2, 0.25) is 23.6 Å². The minimum absolute atomic E-state index is 0.0197. The summed E-state index contributed by atoms with van der Waals surface area (Å²) in [5.41, 5.74) is 19.4. The maximum Gasteiger partial charge on any atom is 0.326 e. The number of carboxylic acid groups (broad SMARTS) is 1. The number of aliphatic imine (C=N–C) groups is 1. The number of aliphatic carboxylic acids is 1. The number of phenolic OH excluding ortho intramolecular Hbond substituents is 1. The van der Waals surface area contributed by atoms with E-state index in [1.54, 1.807) is 18.3 Å². The number of hydrogen-bond donors (Lipinski definition) is 10. The van der Waals surface area contributed by atoms with E-state index in [1.807, 2.05) is 52.0 Å². The smallest absolute Gasteiger partial charge is 0.326 e. The minimum Gasteiger partial charge on any atom is -0.508 e. The number of nitrogens with two attached hydrogens (primary N) is 3. The SMILES string of the molecule is CC(C)C[C@@H](NC(=O)[C@@H](CC(C)C)NC(=O)[C@@H](Cc1ccc(O)cc1)NC(=O)[C@H](N)Cc1c[nH]c2ccccc12)C(=O)N[C@H](CCCN=C(N)N)C(=O)O. The topological polar surface area (TPSA) is 280 Å². The molecule has 0 spiro atoms. The van der Waals surface area contributed by atoms with Gasteiger partial charge >= 0.3 is 5.97 Å². The zero-order chi connectivity index (χ0) is 39.9. The lowest BCUT2D eigenvalue weighted by Crippen LogP contribution is -2.59. The lowest BCUT2D eigenvalue weighted by molar-refractivity contribution is -0.142. The summed E-state index contributed by atoms with van der Waals surface area (Å²) in [6.45, 7) is 7.61. The van der Waals surface area contributed by atoms with Gasteiger partial charge in [0.25, 0.3) is 0 Å². The number of aromatic hydroxyl groups is 1. The second-order valence-corrected chi connectivity index (χ2v) is 14.3. The van der Waals surface area contributed by atoms with E-state index in [1.165, 1.54) is 12.1 Å². The maximum absolute atomic E-state index is 14.0. The van der Waals surface area contributed by atoms with Crippen LogP contribution in [-0.4, -0.2) is 87.5 Å². The third-order valence-corrected chi connectivity index (χ3v) is 8.70. The zero-order valence-corrected chi connectivity index (χ0v) is 31.3. The van der Waals surface area contributed by atoms with Crippen LogP contribution in [0.15, 0.2) is 59.7 Å². The van der Waals surface area contributed by atoms with E-state index in [2.05, 4.69) is 31.2 Å². The average molecular weight is 750 g/mol. The van der Waals surface area contributed by atoms with Crippen LogP contribution in [0.25, 0.3) is 10.9 Å². The van der Waals surface area contributed by atoms with Crippen LogP contribution in [0, 0.1) is 11.8 Å². The van der Waals surface area contributed by atoms with Crippen LogP contribution in [-0.2, 0) is 36.8 Å². The van der Waals surface area contributed by atoms with Gasteiger partial charge in [-0.25, -0.2) is 4.79 Å². The molecule has 0 unspecified atom stereocenters. The van der Waals surface area contributed by atoms with Crippen molar-refractivity contribution < 1.29 is 34.2 Å². The van der Waals surface area contributed by atoms with E-state index in [9.17, 15) is 34.2 Å². The van der Waals surface area contributed by atoms with E-state index in [0.717, 1.165) is 16.5 Å². The van der Waals surface area contributed by atoms with Crippen LogP contribution in [0.5, 0.6) is 5.75 Å². The van der Waals surface area contributed by atoms with Crippen molar-refractivity contribution in [1.29, 1.82) is 0 Å². The van der Waals surface area contributed by atoms with Gasteiger partial charge in [0.1, 0.15) is 29.9 Å². The van der Waals surface area contributed by atoms with Gasteiger partial charge in [0, 0.05) is 30.1 Å². The number of para-hydroxylation sites is 1. The number of nitrogens with one attached hydrogen (secondary N) is 5. The fourth-order valence-corrected chi connectivity index (χ4v) is 5.97. The molecule has 0 radical (unpaired) electrons. The molecule has 13 N–H and O–H groups in total. The summed E-state index contributed by atoms with van der Waals surface area (Å²) in [5, 5.41) is 31.3. The predicted octanol–water partition coefficient (Wildman–Crippen LogP) is 1.16. The lowest BCUT2D eigenvalue weighted by atomic mass is 9.98. The van der Waals surface area contributed by atoms with Crippen LogP contribution in [0.3, 0.4) is 0 Å². The van der Waals surface area contributed by atoms with E-state index < -0.39 is 59.8 Å². The van der Waals surface area contributed by atoms with Gasteiger partial charge in [0.05, 0.1) is 6.04 Å². The van der Waals surface area contributed by atoms with Crippen LogP contribution in [0.4, 0.5) is 0 Å². The highest BCUT2D eigenvalue weighted by atomic mass is 16.4. The number of guanidine groups is 1. The Morgan fingerprint density at radius 2 is 1.28 bits per heavy atom. The highest BCUT2D eigenvalue weighted by Crippen LogP contribution is 2.19. The number of aromatic nitrogens is 1. The van der Waals surface area contributed by atoms with Gasteiger partial charge in [-0.05, 0) is 73.3 Å². The van der Waals surface area contributed by atoms with E-state index in [4.69, 9.17) is 17.2 Å². The summed E-state index contributed by atoms with van der Waals surface area (Å²) in [7, 11) is 0. The summed E-state index contributed by atoms with van der Waals surface area (Å²) in [6, 6.07) is 8.11. The van der Waals surface area contributed by atoms with Crippen molar-refractivity contribution in [3.63, 3.8) is 0 Å². The lowest BCUT2D eigenvalue weighted by Gasteiger charge is -2.28. The zero-order valence-electron chi connectivity index (χ0n) is 31.3. The molecule has 16 heteroatoms. The molecule has 0 saturated carbocycles. The molecule has 0 aliphatic carbocycles. The largest absolute Gasteiger partial charge is 0.508 e. The van der Waals surface area contributed by atoms with Crippen molar-refractivity contribution in [2.75, 3.05) is 6.54 Å². The van der Waals surface area contributed by atoms with Gasteiger partial charge in [-0.1, -0.05) is 58.0 Å². The van der Waals surface area contributed by atoms with E-state index >= 15 is 0 Å². The highest BCUT2D eigenvalue weighted by Gasteiger charge is 2.32. The Kier molecular flexibility index (Phi) is 16.3. The number of hydrogen-bond acceptors (Lipinski definition) is 8. The summed E-state index contributed by atoms with van der Waals surface area (Å²) >= 11 is 0. The molecule has 294 valence electrons. The Hall–Kier alpha value is -5.64. The summed E-state index contributed by atoms with van der Waals surface area (Å²) < 4.78 is 0. The van der Waals surface area contributed by atoms with Crippen molar-refractivity contribution in [3.8, 4) is 5.75 Å². The Balaban J connectivity index is 1.79. The number of carbonyl (C=O) groups is 5. The number of amides is 4. The van der Waals surface area contributed by atoms with Crippen molar-refractivity contribution in [1.82, 2.24) is 26.3 Å². The van der Waals surface area contributed by atoms with Crippen LogP contribution < -0.4 is 38.5 Å². The summed E-state index contributed by atoms with van der Waals surface area (Å²) in [6.07, 6.45) is 2.72. The van der Waals surface area contributed by atoms with Gasteiger partial charge in [-0.2, -0.15) is 0 Å². The number of aromatic amines is 1.